The summed E-state index contributed by atoms with van der Waals surface area (Å²) in [5, 5.41) is 0.747. The number of rotatable bonds is 4. The van der Waals surface area contributed by atoms with E-state index in [1.54, 1.807) is 6.20 Å². The number of halogens is 1. The minimum Gasteiger partial charge on any atom is -0.493 e. The van der Waals surface area contributed by atoms with Crippen LogP contribution in [0.4, 0.5) is 0 Å². The second-order valence-electron chi connectivity index (χ2n) is 5.31. The number of benzene rings is 1. The number of hydrogen-bond donors (Lipinski definition) is 2. The van der Waals surface area contributed by atoms with Crippen molar-refractivity contribution in [2.24, 2.45) is 5.84 Å². The van der Waals surface area contributed by atoms with E-state index in [9.17, 15) is 0 Å². The smallest absolute Gasteiger partial charge is 0.125 e. The zero-order valence-electron chi connectivity index (χ0n) is 11.9. The molecule has 4 nitrogen and oxygen atoms in total. The van der Waals surface area contributed by atoms with Crippen LogP contribution in [-0.4, -0.2) is 11.6 Å². The topological polar surface area (TPSA) is 60.2 Å². The molecule has 0 spiro atoms. The molecule has 0 fully saturated rings. The Labute approximate surface area is 129 Å². The lowest BCUT2D eigenvalue weighted by atomic mass is 9.95. The van der Waals surface area contributed by atoms with E-state index in [0.29, 0.717) is 0 Å². The van der Waals surface area contributed by atoms with Gasteiger partial charge in [0, 0.05) is 23.8 Å². The van der Waals surface area contributed by atoms with E-state index in [1.165, 1.54) is 5.56 Å². The highest BCUT2D eigenvalue weighted by atomic mass is 35.5. The zero-order valence-corrected chi connectivity index (χ0v) is 12.7. The Morgan fingerprint density at radius 1 is 1.48 bits per heavy atom. The standard InChI is InChI=1S/C16H18ClN3O/c1-10-9-19-4-2-14(10)15(20-18)8-12-7-13(17)6-11-3-5-21-16(11)12/h2,4,6-7,9,15,20H,3,5,8,18H2,1H3. The van der Waals surface area contributed by atoms with Crippen molar-refractivity contribution in [1.82, 2.24) is 10.4 Å². The highest BCUT2D eigenvalue weighted by Gasteiger charge is 2.21. The molecule has 1 aliphatic heterocycles. The number of hydrazine groups is 1. The Balaban J connectivity index is 1.94. The first kappa shape index (κ1) is 14.3. The van der Waals surface area contributed by atoms with E-state index in [4.69, 9.17) is 22.2 Å². The van der Waals surface area contributed by atoms with E-state index in [1.807, 2.05) is 31.3 Å². The van der Waals surface area contributed by atoms with Gasteiger partial charge in [0.15, 0.2) is 0 Å². The van der Waals surface area contributed by atoms with Gasteiger partial charge in [-0.15, -0.1) is 0 Å². The molecule has 5 heteroatoms. The molecule has 1 aromatic carbocycles. The molecule has 1 aliphatic rings. The van der Waals surface area contributed by atoms with Crippen molar-refractivity contribution in [3.63, 3.8) is 0 Å². The van der Waals surface area contributed by atoms with Crippen molar-refractivity contribution >= 4 is 11.6 Å². The van der Waals surface area contributed by atoms with Gasteiger partial charge in [0.2, 0.25) is 0 Å². The Morgan fingerprint density at radius 2 is 2.33 bits per heavy atom. The van der Waals surface area contributed by atoms with Gasteiger partial charge in [0.1, 0.15) is 5.75 Å². The van der Waals surface area contributed by atoms with Crippen LogP contribution in [-0.2, 0) is 12.8 Å². The van der Waals surface area contributed by atoms with Gasteiger partial charge in [-0.3, -0.25) is 16.3 Å². The summed E-state index contributed by atoms with van der Waals surface area (Å²) in [7, 11) is 0. The molecule has 110 valence electrons. The molecule has 0 amide bonds. The Morgan fingerprint density at radius 3 is 3.10 bits per heavy atom. The average molecular weight is 304 g/mol. The Hall–Kier alpha value is -1.62. The van der Waals surface area contributed by atoms with Gasteiger partial charge < -0.3 is 4.74 Å². The maximum atomic E-state index is 6.22. The van der Waals surface area contributed by atoms with Crippen LogP contribution in [0.15, 0.2) is 30.6 Å². The fourth-order valence-corrected chi connectivity index (χ4v) is 3.11. The molecule has 0 bridgehead atoms. The van der Waals surface area contributed by atoms with Crippen LogP contribution >= 0.6 is 11.6 Å². The second-order valence-corrected chi connectivity index (χ2v) is 5.74. The van der Waals surface area contributed by atoms with Gasteiger partial charge >= 0.3 is 0 Å². The van der Waals surface area contributed by atoms with Gasteiger partial charge in [-0.05, 0) is 53.8 Å². The Bertz CT molecular complexity index is 660. The van der Waals surface area contributed by atoms with Crippen LogP contribution in [0, 0.1) is 6.92 Å². The van der Waals surface area contributed by atoms with E-state index in [0.717, 1.165) is 46.9 Å². The highest BCUT2D eigenvalue weighted by Crippen LogP contribution is 2.35. The second kappa shape index (κ2) is 6.02. The lowest BCUT2D eigenvalue weighted by Crippen LogP contribution is -2.30. The van der Waals surface area contributed by atoms with Crippen LogP contribution < -0.4 is 16.0 Å². The number of nitrogens with zero attached hydrogens (tertiary/aromatic N) is 1. The van der Waals surface area contributed by atoms with Crippen molar-refractivity contribution < 1.29 is 4.74 Å². The summed E-state index contributed by atoms with van der Waals surface area (Å²) in [4.78, 5) is 4.13. The van der Waals surface area contributed by atoms with E-state index in [-0.39, 0.29) is 6.04 Å². The van der Waals surface area contributed by atoms with Crippen LogP contribution in [0.3, 0.4) is 0 Å². The number of pyridine rings is 1. The summed E-state index contributed by atoms with van der Waals surface area (Å²) in [5.74, 6) is 6.72. The highest BCUT2D eigenvalue weighted by molar-refractivity contribution is 6.30. The molecule has 1 atom stereocenters. The van der Waals surface area contributed by atoms with Crippen LogP contribution in [0.1, 0.15) is 28.3 Å². The molecule has 21 heavy (non-hydrogen) atoms. The molecule has 1 unspecified atom stereocenters. The number of aryl methyl sites for hydroxylation is 1. The van der Waals surface area contributed by atoms with Crippen molar-refractivity contribution in [3.05, 3.63) is 57.9 Å². The van der Waals surface area contributed by atoms with Crippen LogP contribution in [0.2, 0.25) is 5.02 Å². The molecule has 2 aromatic rings. The number of fused-ring (bicyclic) bond motifs is 1. The molecular formula is C16H18ClN3O. The summed E-state index contributed by atoms with van der Waals surface area (Å²) < 4.78 is 5.76. The third-order valence-electron chi connectivity index (χ3n) is 3.89. The SMILES string of the molecule is Cc1cnccc1C(Cc1cc(Cl)cc2c1OCC2)NN. The number of hydrogen-bond acceptors (Lipinski definition) is 4. The summed E-state index contributed by atoms with van der Waals surface area (Å²) in [5.41, 5.74) is 7.41. The summed E-state index contributed by atoms with van der Waals surface area (Å²) >= 11 is 6.22. The third-order valence-corrected chi connectivity index (χ3v) is 4.11. The van der Waals surface area contributed by atoms with E-state index in [2.05, 4.69) is 10.4 Å². The molecule has 0 saturated carbocycles. The molecule has 1 aromatic heterocycles. The fourth-order valence-electron chi connectivity index (χ4n) is 2.85. The van der Waals surface area contributed by atoms with Crippen LogP contribution in [0.5, 0.6) is 5.75 Å². The number of aromatic nitrogens is 1. The van der Waals surface area contributed by atoms with Gasteiger partial charge in [0.05, 0.1) is 12.6 Å². The third kappa shape index (κ3) is 2.88. The zero-order chi connectivity index (χ0) is 14.8. The molecule has 0 aliphatic carbocycles. The molecule has 3 N–H and O–H groups in total. The molecule has 0 radical (unpaired) electrons. The van der Waals surface area contributed by atoms with Crippen molar-refractivity contribution in [2.45, 2.75) is 25.8 Å². The average Bonchev–Trinajstić information content (AvgIpc) is 2.93. The monoisotopic (exact) mass is 303 g/mol. The normalized spacial score (nSPS) is 14.6. The summed E-state index contributed by atoms with van der Waals surface area (Å²) in [6, 6.07) is 5.94. The molecular weight excluding hydrogens is 286 g/mol. The summed E-state index contributed by atoms with van der Waals surface area (Å²) in [6.45, 7) is 2.75. The minimum absolute atomic E-state index is 0.000216. The molecule has 3 rings (SSSR count). The van der Waals surface area contributed by atoms with Crippen molar-refractivity contribution in [3.8, 4) is 5.75 Å². The maximum Gasteiger partial charge on any atom is 0.125 e. The van der Waals surface area contributed by atoms with Crippen molar-refractivity contribution in [1.29, 1.82) is 0 Å². The molecule has 2 heterocycles. The summed E-state index contributed by atoms with van der Waals surface area (Å²) in [6.07, 6.45) is 5.27. The first-order valence-corrected chi connectivity index (χ1v) is 7.37. The van der Waals surface area contributed by atoms with Gasteiger partial charge in [-0.25, -0.2) is 0 Å². The van der Waals surface area contributed by atoms with Gasteiger partial charge in [0.25, 0.3) is 0 Å². The van der Waals surface area contributed by atoms with Gasteiger partial charge in [-0.1, -0.05) is 11.6 Å². The predicted molar refractivity (Wildman–Crippen MR) is 83.4 cm³/mol. The molecule has 0 saturated heterocycles. The number of ether oxygens (including phenoxy) is 1. The fraction of sp³-hybridized carbons (Fsp3) is 0.312. The quantitative estimate of drug-likeness (QED) is 0.673. The largest absolute Gasteiger partial charge is 0.493 e. The van der Waals surface area contributed by atoms with Crippen molar-refractivity contribution in [2.75, 3.05) is 6.61 Å². The number of nitrogens with one attached hydrogen (secondary N) is 1. The van der Waals surface area contributed by atoms with Crippen LogP contribution in [0.25, 0.3) is 0 Å². The van der Waals surface area contributed by atoms with E-state index >= 15 is 0 Å². The minimum atomic E-state index is -0.000216. The van der Waals surface area contributed by atoms with E-state index < -0.39 is 0 Å². The Kier molecular flexibility index (Phi) is 4.10. The first-order valence-electron chi connectivity index (χ1n) is 6.99. The van der Waals surface area contributed by atoms with Gasteiger partial charge in [-0.2, -0.15) is 0 Å². The lowest BCUT2D eigenvalue weighted by molar-refractivity contribution is 0.351. The predicted octanol–water partition coefficient (Wildman–Crippen LogP) is 2.73. The number of nitrogens with two attached hydrogens (primary N) is 1. The first-order chi connectivity index (χ1) is 10.2. The maximum absolute atomic E-state index is 6.22. The lowest BCUT2D eigenvalue weighted by Gasteiger charge is -2.19.